The molecule has 1 aromatic rings. The molecule has 1 aliphatic heterocycles. The SMILES string of the molecule is CC1(C)CCC(c2nc(N)c3c(n2)CSC3)CC1. The lowest BCUT2D eigenvalue weighted by atomic mass is 9.73. The molecule has 0 bridgehead atoms. The predicted octanol–water partition coefficient (Wildman–Crippen LogP) is 3.49. The van der Waals surface area contributed by atoms with Gasteiger partial charge in [-0.1, -0.05) is 13.8 Å². The molecule has 1 saturated carbocycles. The number of nitrogens with two attached hydrogens (primary N) is 1. The van der Waals surface area contributed by atoms with E-state index in [4.69, 9.17) is 10.7 Å². The quantitative estimate of drug-likeness (QED) is 0.842. The first-order valence-electron chi connectivity index (χ1n) is 6.78. The summed E-state index contributed by atoms with van der Waals surface area (Å²) in [7, 11) is 0. The van der Waals surface area contributed by atoms with Gasteiger partial charge in [0.15, 0.2) is 0 Å². The van der Waals surface area contributed by atoms with Gasteiger partial charge in [-0.25, -0.2) is 9.97 Å². The normalized spacial score (nSPS) is 23.0. The first kappa shape index (κ1) is 12.3. The van der Waals surface area contributed by atoms with Crippen molar-refractivity contribution in [3.05, 3.63) is 17.1 Å². The lowest BCUT2D eigenvalue weighted by molar-refractivity contribution is 0.220. The molecule has 0 amide bonds. The van der Waals surface area contributed by atoms with Gasteiger partial charge in [0.1, 0.15) is 11.6 Å². The van der Waals surface area contributed by atoms with Crippen molar-refractivity contribution in [3.63, 3.8) is 0 Å². The Morgan fingerprint density at radius 1 is 1.17 bits per heavy atom. The highest BCUT2D eigenvalue weighted by Gasteiger charge is 2.30. The van der Waals surface area contributed by atoms with Crippen molar-refractivity contribution in [1.82, 2.24) is 9.97 Å². The van der Waals surface area contributed by atoms with E-state index in [2.05, 4.69) is 18.8 Å². The summed E-state index contributed by atoms with van der Waals surface area (Å²) in [5.74, 6) is 4.25. The maximum absolute atomic E-state index is 6.07. The largest absolute Gasteiger partial charge is 0.383 e. The molecule has 0 radical (unpaired) electrons. The topological polar surface area (TPSA) is 51.8 Å². The number of hydrogen-bond donors (Lipinski definition) is 1. The van der Waals surface area contributed by atoms with Crippen LogP contribution in [0.2, 0.25) is 0 Å². The molecule has 2 N–H and O–H groups in total. The summed E-state index contributed by atoms with van der Waals surface area (Å²) in [4.78, 5) is 9.34. The molecule has 0 atom stereocenters. The summed E-state index contributed by atoms with van der Waals surface area (Å²) >= 11 is 1.89. The maximum Gasteiger partial charge on any atom is 0.134 e. The molecule has 4 heteroatoms. The van der Waals surface area contributed by atoms with Gasteiger partial charge in [-0.3, -0.25) is 0 Å². The summed E-state index contributed by atoms with van der Waals surface area (Å²) in [6.45, 7) is 4.72. The van der Waals surface area contributed by atoms with Crippen LogP contribution in [0.5, 0.6) is 0 Å². The molecule has 0 saturated heterocycles. The van der Waals surface area contributed by atoms with Crippen LogP contribution >= 0.6 is 11.8 Å². The molecule has 3 nitrogen and oxygen atoms in total. The fraction of sp³-hybridized carbons (Fsp3) is 0.714. The Kier molecular flexibility index (Phi) is 3.00. The van der Waals surface area contributed by atoms with Gasteiger partial charge in [-0.05, 0) is 31.1 Å². The van der Waals surface area contributed by atoms with Gasteiger partial charge >= 0.3 is 0 Å². The lowest BCUT2D eigenvalue weighted by Gasteiger charge is -2.33. The highest BCUT2D eigenvalue weighted by molar-refractivity contribution is 7.98. The molecular weight excluding hydrogens is 242 g/mol. The van der Waals surface area contributed by atoms with Crippen LogP contribution < -0.4 is 5.73 Å². The number of rotatable bonds is 1. The lowest BCUT2D eigenvalue weighted by Crippen LogP contribution is -2.22. The number of anilines is 1. The van der Waals surface area contributed by atoms with E-state index in [1.807, 2.05) is 11.8 Å². The van der Waals surface area contributed by atoms with E-state index in [1.54, 1.807) is 0 Å². The van der Waals surface area contributed by atoms with Crippen LogP contribution in [0.1, 0.15) is 62.5 Å². The summed E-state index contributed by atoms with van der Waals surface area (Å²) in [5, 5.41) is 0. The van der Waals surface area contributed by atoms with Crippen LogP contribution in [0, 0.1) is 5.41 Å². The number of thioether (sulfide) groups is 1. The van der Waals surface area contributed by atoms with Crippen molar-refractivity contribution in [2.45, 2.75) is 57.0 Å². The molecule has 3 rings (SSSR count). The third kappa shape index (κ3) is 2.22. The average Bonchev–Trinajstić information content (AvgIpc) is 2.77. The molecule has 2 aliphatic rings. The third-order valence-electron chi connectivity index (χ3n) is 4.33. The van der Waals surface area contributed by atoms with Crippen molar-refractivity contribution in [1.29, 1.82) is 0 Å². The van der Waals surface area contributed by atoms with Gasteiger partial charge in [-0.15, -0.1) is 0 Å². The molecule has 1 aliphatic carbocycles. The first-order valence-corrected chi connectivity index (χ1v) is 7.93. The maximum atomic E-state index is 6.07. The van der Waals surface area contributed by atoms with Crippen molar-refractivity contribution >= 4 is 17.6 Å². The van der Waals surface area contributed by atoms with Gasteiger partial charge in [0.2, 0.25) is 0 Å². The number of hydrogen-bond acceptors (Lipinski definition) is 4. The van der Waals surface area contributed by atoms with Crippen LogP contribution in [0.15, 0.2) is 0 Å². The van der Waals surface area contributed by atoms with Crippen LogP contribution in [-0.2, 0) is 11.5 Å². The molecule has 18 heavy (non-hydrogen) atoms. The monoisotopic (exact) mass is 263 g/mol. The second kappa shape index (κ2) is 4.41. The summed E-state index contributed by atoms with van der Waals surface area (Å²) in [5.41, 5.74) is 8.93. The zero-order valence-electron chi connectivity index (χ0n) is 11.2. The minimum absolute atomic E-state index is 0.495. The summed E-state index contributed by atoms with van der Waals surface area (Å²) < 4.78 is 0. The Balaban J connectivity index is 1.83. The van der Waals surface area contributed by atoms with E-state index in [0.717, 1.165) is 23.1 Å². The van der Waals surface area contributed by atoms with E-state index in [9.17, 15) is 0 Å². The fourth-order valence-electron chi connectivity index (χ4n) is 2.94. The Morgan fingerprint density at radius 3 is 2.61 bits per heavy atom. The van der Waals surface area contributed by atoms with Gasteiger partial charge in [0.25, 0.3) is 0 Å². The average molecular weight is 263 g/mol. The Labute approximate surface area is 113 Å². The number of aromatic nitrogens is 2. The number of nitrogens with zero attached hydrogens (tertiary/aromatic N) is 2. The number of fused-ring (bicyclic) bond motifs is 1. The van der Waals surface area contributed by atoms with Crippen LogP contribution in [-0.4, -0.2) is 9.97 Å². The van der Waals surface area contributed by atoms with Crippen molar-refractivity contribution in [3.8, 4) is 0 Å². The van der Waals surface area contributed by atoms with Crippen molar-refractivity contribution in [2.24, 2.45) is 5.41 Å². The third-order valence-corrected chi connectivity index (χ3v) is 5.30. The van der Waals surface area contributed by atoms with Gasteiger partial charge < -0.3 is 5.73 Å². The molecule has 2 heterocycles. The minimum atomic E-state index is 0.495. The summed E-state index contributed by atoms with van der Waals surface area (Å²) in [6, 6.07) is 0. The Hall–Kier alpha value is -0.770. The van der Waals surface area contributed by atoms with Gasteiger partial charge in [-0.2, -0.15) is 11.8 Å². The molecular formula is C14H21N3S. The molecule has 1 fully saturated rings. The minimum Gasteiger partial charge on any atom is -0.383 e. The first-order chi connectivity index (χ1) is 8.55. The highest BCUT2D eigenvalue weighted by Crippen LogP contribution is 2.42. The van der Waals surface area contributed by atoms with Crippen LogP contribution in [0.4, 0.5) is 5.82 Å². The van der Waals surface area contributed by atoms with E-state index in [0.29, 0.717) is 11.3 Å². The van der Waals surface area contributed by atoms with Gasteiger partial charge in [0, 0.05) is 23.0 Å². The molecule has 0 spiro atoms. The summed E-state index contributed by atoms with van der Waals surface area (Å²) in [6.07, 6.45) is 4.95. The number of nitrogen functional groups attached to an aromatic ring is 1. The Morgan fingerprint density at radius 2 is 1.89 bits per heavy atom. The smallest absolute Gasteiger partial charge is 0.134 e. The Bertz CT molecular complexity index is 460. The van der Waals surface area contributed by atoms with E-state index in [-0.39, 0.29) is 0 Å². The second-order valence-corrected chi connectivity index (χ2v) is 7.31. The fourth-order valence-corrected chi connectivity index (χ4v) is 3.99. The van der Waals surface area contributed by atoms with E-state index >= 15 is 0 Å². The van der Waals surface area contributed by atoms with Crippen molar-refractivity contribution < 1.29 is 0 Å². The van der Waals surface area contributed by atoms with E-state index < -0.39 is 0 Å². The molecule has 98 valence electrons. The standard InChI is InChI=1S/C14H21N3S/c1-14(2)5-3-9(4-6-14)13-16-11-8-18-7-10(11)12(15)17-13/h9H,3-8H2,1-2H3,(H2,15,16,17). The van der Waals surface area contributed by atoms with E-state index in [1.165, 1.54) is 36.9 Å². The highest BCUT2D eigenvalue weighted by atomic mass is 32.2. The van der Waals surface area contributed by atoms with Crippen LogP contribution in [0.25, 0.3) is 0 Å². The van der Waals surface area contributed by atoms with Crippen LogP contribution in [0.3, 0.4) is 0 Å². The second-order valence-electron chi connectivity index (χ2n) is 6.32. The predicted molar refractivity (Wildman–Crippen MR) is 76.4 cm³/mol. The van der Waals surface area contributed by atoms with Gasteiger partial charge in [0.05, 0.1) is 5.69 Å². The molecule has 1 aromatic heterocycles. The zero-order valence-corrected chi connectivity index (χ0v) is 12.0. The molecule has 0 unspecified atom stereocenters. The zero-order chi connectivity index (χ0) is 12.8. The van der Waals surface area contributed by atoms with Crippen molar-refractivity contribution in [2.75, 3.05) is 5.73 Å². The molecule has 0 aromatic carbocycles.